The van der Waals surface area contributed by atoms with Crippen molar-refractivity contribution in [3.8, 4) is 6.07 Å². The van der Waals surface area contributed by atoms with E-state index in [9.17, 15) is 20.0 Å². The first kappa shape index (κ1) is 22.2. The molecule has 0 amide bonds. The van der Waals surface area contributed by atoms with Gasteiger partial charge in [0.2, 0.25) is 0 Å². The number of aryl methyl sites for hydroxylation is 1. The fraction of sp³-hybridized carbons (Fsp3) is 0.179. The van der Waals surface area contributed by atoms with Crippen molar-refractivity contribution in [3.63, 3.8) is 0 Å². The van der Waals surface area contributed by atoms with Gasteiger partial charge in [-0.2, -0.15) is 5.26 Å². The van der Waals surface area contributed by atoms with E-state index in [2.05, 4.69) is 11.1 Å². The average Bonchev–Trinajstić information content (AvgIpc) is 3.42. The van der Waals surface area contributed by atoms with E-state index in [1.165, 1.54) is 0 Å². The van der Waals surface area contributed by atoms with E-state index in [0.717, 1.165) is 27.6 Å². The summed E-state index contributed by atoms with van der Waals surface area (Å²) in [5.41, 5.74) is 5.05. The van der Waals surface area contributed by atoms with Gasteiger partial charge in [0.25, 0.3) is 0 Å². The van der Waals surface area contributed by atoms with Crippen molar-refractivity contribution in [3.05, 3.63) is 106 Å². The van der Waals surface area contributed by atoms with Crippen LogP contribution in [0.3, 0.4) is 0 Å². The number of fused-ring (bicyclic) bond motifs is 2. The van der Waals surface area contributed by atoms with Crippen LogP contribution in [0.25, 0.3) is 21.9 Å². The molecule has 3 aromatic carbocycles. The monoisotopic (exact) mass is 464 g/mol. The lowest BCUT2D eigenvalue weighted by Gasteiger charge is -2.18. The molecule has 2 N–H and O–H groups in total. The number of aromatic amines is 1. The van der Waals surface area contributed by atoms with Crippen LogP contribution >= 0.6 is 0 Å². The normalized spacial score (nSPS) is 13.1. The molecule has 0 radical (unpaired) electrons. The smallest absolute Gasteiger partial charge is 0.330 e. The molecular formula is C28H24N4O3. The first-order chi connectivity index (χ1) is 16.9. The van der Waals surface area contributed by atoms with E-state index in [0.29, 0.717) is 16.6 Å². The van der Waals surface area contributed by atoms with Crippen LogP contribution in [-0.2, 0) is 4.79 Å². The maximum absolute atomic E-state index is 14.1. The van der Waals surface area contributed by atoms with Crippen LogP contribution in [0, 0.1) is 18.3 Å². The van der Waals surface area contributed by atoms with E-state index >= 15 is 0 Å². The van der Waals surface area contributed by atoms with Crippen molar-refractivity contribution in [2.75, 3.05) is 0 Å². The molecular weight excluding hydrogens is 440 g/mol. The fourth-order valence-electron chi connectivity index (χ4n) is 5.05. The number of nitrogens with zero attached hydrogens (tertiary/aromatic N) is 3. The maximum atomic E-state index is 14.1. The highest BCUT2D eigenvalue weighted by Crippen LogP contribution is 2.33. The molecule has 0 saturated heterocycles. The highest BCUT2D eigenvalue weighted by Gasteiger charge is 2.27. The molecule has 174 valence electrons. The van der Waals surface area contributed by atoms with Gasteiger partial charge in [-0.05, 0) is 49.2 Å². The molecule has 2 heterocycles. The van der Waals surface area contributed by atoms with Crippen LogP contribution in [0.4, 0.5) is 0 Å². The molecule has 0 spiro atoms. The van der Waals surface area contributed by atoms with E-state index in [4.69, 9.17) is 0 Å². The standard InChI is InChI=1S/C28H24N4O3/c1-17-7-6-10-22-27(17)21(16-30-22)18(2)31-25-13-19(15-29)11-12-23(25)32(28(31)35)24(14-26(33)34)20-8-4-3-5-9-20/h3-13,16,18,24,30H,14H2,1-2H3,(H,33,34)/t18?,24-/m1/s1. The number of nitrogens with one attached hydrogen (secondary N) is 1. The van der Waals surface area contributed by atoms with Gasteiger partial charge in [0.1, 0.15) is 0 Å². The van der Waals surface area contributed by atoms with Gasteiger partial charge < -0.3 is 10.1 Å². The van der Waals surface area contributed by atoms with Crippen LogP contribution in [0.2, 0.25) is 0 Å². The van der Waals surface area contributed by atoms with Crippen LogP contribution in [0.15, 0.2) is 77.7 Å². The summed E-state index contributed by atoms with van der Waals surface area (Å²) in [5.74, 6) is -0.999. The molecule has 5 aromatic rings. The van der Waals surface area contributed by atoms with Gasteiger partial charge in [-0.15, -0.1) is 0 Å². The van der Waals surface area contributed by atoms with Gasteiger partial charge >= 0.3 is 11.7 Å². The van der Waals surface area contributed by atoms with Gasteiger partial charge in [0, 0.05) is 22.7 Å². The van der Waals surface area contributed by atoms with E-state index in [1.807, 2.05) is 68.6 Å². The molecule has 0 aliphatic carbocycles. The number of aromatic nitrogens is 3. The number of imidazole rings is 1. The number of rotatable bonds is 6. The third-order valence-corrected chi connectivity index (χ3v) is 6.68. The number of H-pyrrole nitrogens is 1. The maximum Gasteiger partial charge on any atom is 0.330 e. The molecule has 2 atom stereocenters. The van der Waals surface area contributed by atoms with Gasteiger partial charge in [0.05, 0.1) is 41.2 Å². The number of aliphatic carboxylic acids is 1. The lowest BCUT2D eigenvalue weighted by atomic mass is 10.0. The molecule has 7 nitrogen and oxygen atoms in total. The third kappa shape index (κ3) is 3.69. The summed E-state index contributed by atoms with van der Waals surface area (Å²) in [6.07, 6.45) is 1.67. The first-order valence-corrected chi connectivity index (χ1v) is 11.4. The topological polar surface area (TPSA) is 104 Å². The number of carboxylic acids is 1. The number of benzene rings is 3. The molecule has 1 unspecified atom stereocenters. The van der Waals surface area contributed by atoms with Crippen molar-refractivity contribution in [1.82, 2.24) is 14.1 Å². The number of carbonyl (C=O) groups is 1. The second kappa shape index (κ2) is 8.65. The predicted molar refractivity (Wildman–Crippen MR) is 135 cm³/mol. The molecule has 0 aliphatic heterocycles. The van der Waals surface area contributed by atoms with Crippen molar-refractivity contribution >= 4 is 27.9 Å². The third-order valence-electron chi connectivity index (χ3n) is 6.68. The van der Waals surface area contributed by atoms with Gasteiger partial charge in [-0.1, -0.05) is 42.5 Å². The Balaban J connectivity index is 1.80. The molecule has 5 rings (SSSR count). The zero-order chi connectivity index (χ0) is 24.7. The largest absolute Gasteiger partial charge is 0.481 e. The predicted octanol–water partition coefficient (Wildman–Crippen LogP) is 5.14. The lowest BCUT2D eigenvalue weighted by Crippen LogP contribution is -2.31. The first-order valence-electron chi connectivity index (χ1n) is 11.4. The Morgan fingerprint density at radius 1 is 1.06 bits per heavy atom. The summed E-state index contributed by atoms with van der Waals surface area (Å²) >= 11 is 0. The Morgan fingerprint density at radius 2 is 1.83 bits per heavy atom. The van der Waals surface area contributed by atoms with Gasteiger partial charge in [-0.25, -0.2) is 4.79 Å². The molecule has 7 heteroatoms. The number of hydrogen-bond donors (Lipinski definition) is 2. The highest BCUT2D eigenvalue weighted by atomic mass is 16.4. The summed E-state index contributed by atoms with van der Waals surface area (Å²) in [6, 6.07) is 21.4. The fourth-order valence-corrected chi connectivity index (χ4v) is 5.05. The van der Waals surface area contributed by atoms with E-state index in [1.54, 1.807) is 27.3 Å². The lowest BCUT2D eigenvalue weighted by molar-refractivity contribution is -0.137. The van der Waals surface area contributed by atoms with E-state index in [-0.39, 0.29) is 18.2 Å². The Morgan fingerprint density at radius 3 is 2.54 bits per heavy atom. The second-order valence-corrected chi connectivity index (χ2v) is 8.78. The Labute approximate surface area is 201 Å². The summed E-state index contributed by atoms with van der Waals surface area (Å²) < 4.78 is 3.22. The average molecular weight is 465 g/mol. The number of nitriles is 1. The van der Waals surface area contributed by atoms with Crippen molar-refractivity contribution < 1.29 is 9.90 Å². The molecule has 0 bridgehead atoms. The summed E-state index contributed by atoms with van der Waals surface area (Å²) in [7, 11) is 0. The Kier molecular flexibility index (Phi) is 5.50. The zero-order valence-electron chi connectivity index (χ0n) is 19.4. The molecule has 0 aliphatic rings. The van der Waals surface area contributed by atoms with Crippen LogP contribution in [0.1, 0.15) is 47.7 Å². The van der Waals surface area contributed by atoms with Gasteiger partial charge in [-0.3, -0.25) is 13.9 Å². The minimum atomic E-state index is -0.999. The number of hydrogen-bond acceptors (Lipinski definition) is 3. The second-order valence-electron chi connectivity index (χ2n) is 8.78. The minimum Gasteiger partial charge on any atom is -0.481 e. The Bertz CT molecular complexity index is 1670. The SMILES string of the molecule is Cc1cccc2[nH]cc(C(C)n3c(=O)n([C@H](CC(=O)O)c4ccccc4)c4ccc(C#N)cc43)c12. The van der Waals surface area contributed by atoms with Crippen LogP contribution in [0.5, 0.6) is 0 Å². The van der Waals surface area contributed by atoms with E-state index < -0.39 is 12.0 Å². The summed E-state index contributed by atoms with van der Waals surface area (Å²) in [6.45, 7) is 3.98. The summed E-state index contributed by atoms with van der Waals surface area (Å²) in [5, 5.41) is 20.3. The van der Waals surface area contributed by atoms with Crippen LogP contribution < -0.4 is 5.69 Å². The Hall–Kier alpha value is -4.57. The van der Waals surface area contributed by atoms with Gasteiger partial charge in [0.15, 0.2) is 0 Å². The van der Waals surface area contributed by atoms with Crippen molar-refractivity contribution in [2.45, 2.75) is 32.4 Å². The molecule has 0 fully saturated rings. The van der Waals surface area contributed by atoms with Crippen molar-refractivity contribution in [2.24, 2.45) is 0 Å². The quantitative estimate of drug-likeness (QED) is 0.363. The molecule has 0 saturated carbocycles. The summed E-state index contributed by atoms with van der Waals surface area (Å²) in [4.78, 5) is 29.2. The zero-order valence-corrected chi connectivity index (χ0v) is 19.4. The number of carboxylic acid groups (broad SMARTS) is 1. The molecule has 35 heavy (non-hydrogen) atoms. The van der Waals surface area contributed by atoms with Crippen molar-refractivity contribution in [1.29, 1.82) is 5.26 Å². The highest BCUT2D eigenvalue weighted by molar-refractivity contribution is 5.87. The molecule has 2 aromatic heterocycles. The minimum absolute atomic E-state index is 0.246. The van der Waals surface area contributed by atoms with Crippen LogP contribution in [-0.4, -0.2) is 25.2 Å².